The molecule has 0 spiro atoms. The molecule has 2 heterocycles. The van der Waals surface area contributed by atoms with Crippen molar-refractivity contribution in [2.24, 2.45) is 0 Å². The second kappa shape index (κ2) is 4.83. The molecule has 0 amide bonds. The predicted octanol–water partition coefficient (Wildman–Crippen LogP) is 3.06. The number of halogens is 2. The van der Waals surface area contributed by atoms with Crippen LogP contribution in [0.2, 0.25) is 10.6 Å². The van der Waals surface area contributed by atoms with Crippen LogP contribution in [0.4, 0.5) is 0 Å². The van der Waals surface area contributed by atoms with Crippen LogP contribution in [0.1, 0.15) is 5.76 Å². The summed E-state index contributed by atoms with van der Waals surface area (Å²) in [6.07, 6.45) is 1.61. The predicted molar refractivity (Wildman–Crippen MR) is 58.1 cm³/mol. The summed E-state index contributed by atoms with van der Waals surface area (Å²) in [4.78, 5) is 11.5. The van der Waals surface area contributed by atoms with Crippen LogP contribution in [0.25, 0.3) is 0 Å². The van der Waals surface area contributed by atoms with Gasteiger partial charge in [-0.25, -0.2) is 0 Å². The van der Waals surface area contributed by atoms with E-state index in [1.807, 2.05) is 12.1 Å². The van der Waals surface area contributed by atoms with Crippen molar-refractivity contribution in [1.82, 2.24) is 15.0 Å². The van der Waals surface area contributed by atoms with Gasteiger partial charge in [-0.15, -0.1) is 0 Å². The molecular weight excluding hydrogens is 257 g/mol. The van der Waals surface area contributed by atoms with E-state index in [2.05, 4.69) is 15.0 Å². The lowest BCUT2D eigenvalue weighted by Crippen LogP contribution is -1.92. The van der Waals surface area contributed by atoms with Gasteiger partial charge in [0.05, 0.1) is 12.0 Å². The fourth-order valence-electron chi connectivity index (χ4n) is 0.904. The lowest BCUT2D eigenvalue weighted by molar-refractivity contribution is 0.530. The molecule has 78 valence electrons. The molecule has 0 atom stereocenters. The van der Waals surface area contributed by atoms with Gasteiger partial charge in [0.25, 0.3) is 0 Å². The van der Waals surface area contributed by atoms with Crippen LogP contribution in [0.15, 0.2) is 28.0 Å². The zero-order chi connectivity index (χ0) is 10.7. The quantitative estimate of drug-likeness (QED) is 0.795. The van der Waals surface area contributed by atoms with E-state index < -0.39 is 0 Å². The van der Waals surface area contributed by atoms with Gasteiger partial charge in [0.15, 0.2) is 5.16 Å². The van der Waals surface area contributed by atoms with Gasteiger partial charge >= 0.3 is 0 Å². The Morgan fingerprint density at radius 2 is 1.93 bits per heavy atom. The maximum Gasteiger partial charge on any atom is 0.227 e. The fraction of sp³-hybridized carbons (Fsp3) is 0.125. The second-order valence-corrected chi connectivity index (χ2v) is 4.14. The van der Waals surface area contributed by atoms with Crippen LogP contribution in [-0.2, 0) is 5.75 Å². The van der Waals surface area contributed by atoms with E-state index >= 15 is 0 Å². The van der Waals surface area contributed by atoms with E-state index in [1.165, 1.54) is 11.8 Å². The molecule has 4 nitrogen and oxygen atoms in total. The first kappa shape index (κ1) is 10.7. The zero-order valence-electron chi connectivity index (χ0n) is 7.35. The van der Waals surface area contributed by atoms with Crippen molar-refractivity contribution in [1.29, 1.82) is 0 Å². The van der Waals surface area contributed by atoms with Crippen molar-refractivity contribution in [3.8, 4) is 0 Å². The Hall–Kier alpha value is -0.780. The molecule has 0 saturated carbocycles. The van der Waals surface area contributed by atoms with Crippen LogP contribution < -0.4 is 0 Å². The summed E-state index contributed by atoms with van der Waals surface area (Å²) in [7, 11) is 0. The summed E-state index contributed by atoms with van der Waals surface area (Å²) >= 11 is 12.6. The second-order valence-electron chi connectivity index (χ2n) is 2.52. The van der Waals surface area contributed by atoms with Crippen LogP contribution >= 0.6 is 35.0 Å². The molecule has 0 fully saturated rings. The minimum Gasteiger partial charge on any atom is -0.468 e. The monoisotopic (exact) mass is 261 g/mol. The third-order valence-electron chi connectivity index (χ3n) is 1.48. The van der Waals surface area contributed by atoms with Crippen molar-refractivity contribution >= 4 is 35.0 Å². The fourth-order valence-corrected chi connectivity index (χ4v) is 2.11. The Bertz CT molecular complexity index is 429. The summed E-state index contributed by atoms with van der Waals surface area (Å²) in [5, 5.41) is 0.672. The first-order chi connectivity index (χ1) is 7.24. The summed E-state index contributed by atoms with van der Waals surface area (Å²) in [5.74, 6) is 1.47. The first-order valence-electron chi connectivity index (χ1n) is 3.96. The Morgan fingerprint density at radius 1 is 1.20 bits per heavy atom. The topological polar surface area (TPSA) is 51.8 Å². The molecule has 7 heteroatoms. The van der Waals surface area contributed by atoms with Crippen LogP contribution in [0.3, 0.4) is 0 Å². The summed E-state index contributed by atoms with van der Waals surface area (Å²) in [5.41, 5.74) is 0. The molecule has 0 aliphatic heterocycles. The third-order valence-corrected chi connectivity index (χ3v) is 2.69. The molecule has 2 aromatic rings. The summed E-state index contributed by atoms with van der Waals surface area (Å²) in [6.45, 7) is 0. The van der Waals surface area contributed by atoms with Gasteiger partial charge in [-0.05, 0) is 35.3 Å². The lowest BCUT2D eigenvalue weighted by Gasteiger charge is -1.98. The zero-order valence-corrected chi connectivity index (χ0v) is 9.68. The maximum absolute atomic E-state index is 5.63. The van der Waals surface area contributed by atoms with E-state index in [0.717, 1.165) is 5.76 Å². The van der Waals surface area contributed by atoms with Crippen molar-refractivity contribution < 1.29 is 4.42 Å². The highest BCUT2D eigenvalue weighted by Crippen LogP contribution is 2.21. The van der Waals surface area contributed by atoms with Gasteiger partial charge in [0, 0.05) is 0 Å². The highest BCUT2D eigenvalue weighted by molar-refractivity contribution is 7.98. The SMILES string of the molecule is Clc1nc(Cl)nc(SCc2ccco2)n1. The van der Waals surface area contributed by atoms with E-state index in [0.29, 0.717) is 10.9 Å². The Morgan fingerprint density at radius 3 is 2.53 bits per heavy atom. The number of furan rings is 1. The lowest BCUT2D eigenvalue weighted by atomic mass is 10.5. The van der Waals surface area contributed by atoms with E-state index in [1.54, 1.807) is 6.26 Å². The van der Waals surface area contributed by atoms with Crippen molar-refractivity contribution in [3.05, 3.63) is 34.7 Å². The number of rotatable bonds is 3. The number of thioether (sulfide) groups is 1. The van der Waals surface area contributed by atoms with E-state index in [4.69, 9.17) is 27.6 Å². The highest BCUT2D eigenvalue weighted by Gasteiger charge is 2.05. The number of hydrogen-bond donors (Lipinski definition) is 0. The Labute approximate surface area is 100 Å². The van der Waals surface area contributed by atoms with Gasteiger partial charge in [-0.1, -0.05) is 11.8 Å². The van der Waals surface area contributed by atoms with Gasteiger partial charge in [-0.3, -0.25) is 0 Å². The third kappa shape index (κ3) is 3.09. The molecule has 2 rings (SSSR count). The maximum atomic E-state index is 5.63. The molecule has 0 aromatic carbocycles. The van der Waals surface area contributed by atoms with E-state index in [9.17, 15) is 0 Å². The molecule has 0 N–H and O–H groups in total. The molecular formula is C8H5Cl2N3OS. The molecule has 2 aromatic heterocycles. The molecule has 0 aliphatic rings. The Balaban J connectivity index is 2.05. The van der Waals surface area contributed by atoms with Gasteiger partial charge in [-0.2, -0.15) is 15.0 Å². The van der Waals surface area contributed by atoms with Crippen LogP contribution in [0, 0.1) is 0 Å². The molecule has 15 heavy (non-hydrogen) atoms. The van der Waals surface area contributed by atoms with Crippen molar-refractivity contribution in [3.63, 3.8) is 0 Å². The number of aromatic nitrogens is 3. The molecule has 0 aliphatic carbocycles. The summed E-state index contributed by atoms with van der Waals surface area (Å²) in [6, 6.07) is 3.70. The largest absolute Gasteiger partial charge is 0.468 e. The minimum atomic E-state index is 0.0944. The molecule has 0 radical (unpaired) electrons. The standard InChI is InChI=1S/C8H5Cl2N3OS/c9-6-11-7(10)13-8(12-6)15-4-5-2-1-3-14-5/h1-3H,4H2. The van der Waals surface area contributed by atoms with Crippen molar-refractivity contribution in [2.75, 3.05) is 0 Å². The molecule has 0 saturated heterocycles. The Kier molecular flexibility index (Phi) is 3.45. The number of nitrogens with zero attached hydrogens (tertiary/aromatic N) is 3. The highest BCUT2D eigenvalue weighted by atomic mass is 35.5. The minimum absolute atomic E-state index is 0.0944. The molecule has 0 unspecified atom stereocenters. The van der Waals surface area contributed by atoms with Gasteiger partial charge in [0.2, 0.25) is 10.6 Å². The average molecular weight is 262 g/mol. The van der Waals surface area contributed by atoms with Gasteiger partial charge in [0.1, 0.15) is 5.76 Å². The summed E-state index contributed by atoms with van der Waals surface area (Å²) < 4.78 is 5.16. The van der Waals surface area contributed by atoms with Gasteiger partial charge < -0.3 is 4.42 Å². The molecule has 0 bridgehead atoms. The van der Waals surface area contributed by atoms with E-state index in [-0.39, 0.29) is 10.6 Å². The normalized spacial score (nSPS) is 10.5. The first-order valence-corrected chi connectivity index (χ1v) is 5.70. The van der Waals surface area contributed by atoms with Crippen LogP contribution in [-0.4, -0.2) is 15.0 Å². The smallest absolute Gasteiger partial charge is 0.227 e. The number of hydrogen-bond acceptors (Lipinski definition) is 5. The average Bonchev–Trinajstić information content (AvgIpc) is 2.65. The van der Waals surface area contributed by atoms with Crippen molar-refractivity contribution in [2.45, 2.75) is 10.9 Å². The van der Waals surface area contributed by atoms with Crippen LogP contribution in [0.5, 0.6) is 0 Å².